The first-order chi connectivity index (χ1) is 8.79. The highest BCUT2D eigenvalue weighted by Crippen LogP contribution is 2.32. The lowest BCUT2D eigenvalue weighted by Gasteiger charge is -2.30. The molecule has 1 N–H and O–H groups in total. The average molecular weight is 265 g/mol. The third-order valence-electron chi connectivity index (χ3n) is 4.41. The summed E-state index contributed by atoms with van der Waals surface area (Å²) in [6.45, 7) is 2.21. The molecule has 2 saturated heterocycles. The smallest absolute Gasteiger partial charge is 0.0795 e. The number of nitrogens with zero attached hydrogens (tertiary/aromatic N) is 2. The number of aromatic nitrogens is 1. The van der Waals surface area contributed by atoms with Gasteiger partial charge in [0.05, 0.1) is 11.2 Å². The third kappa shape index (κ3) is 3.11. The molecule has 2 fully saturated rings. The molecule has 2 aliphatic heterocycles. The lowest BCUT2D eigenvalue weighted by molar-refractivity contribution is 0.237. The molecular formula is C14H23N3S. The van der Waals surface area contributed by atoms with Crippen LogP contribution in [-0.4, -0.2) is 35.6 Å². The number of nitrogens with one attached hydrogen (secondary N) is 1. The Morgan fingerprint density at radius 3 is 2.83 bits per heavy atom. The van der Waals surface area contributed by atoms with E-state index in [0.717, 1.165) is 24.5 Å². The van der Waals surface area contributed by atoms with Crippen molar-refractivity contribution >= 4 is 11.3 Å². The summed E-state index contributed by atoms with van der Waals surface area (Å²) in [5, 5.41) is 5.88. The van der Waals surface area contributed by atoms with Crippen LogP contribution in [0.25, 0.3) is 0 Å². The Balaban J connectivity index is 1.41. The van der Waals surface area contributed by atoms with Gasteiger partial charge in [0.15, 0.2) is 0 Å². The zero-order valence-corrected chi connectivity index (χ0v) is 12.0. The summed E-state index contributed by atoms with van der Waals surface area (Å²) in [5.74, 6) is 0.946. The van der Waals surface area contributed by atoms with Crippen LogP contribution >= 0.6 is 11.3 Å². The molecular weight excluding hydrogens is 242 g/mol. The fourth-order valence-corrected chi connectivity index (χ4v) is 4.03. The zero-order valence-electron chi connectivity index (χ0n) is 11.1. The van der Waals surface area contributed by atoms with Crippen molar-refractivity contribution in [3.8, 4) is 0 Å². The first-order valence-electron chi connectivity index (χ1n) is 7.11. The van der Waals surface area contributed by atoms with Crippen LogP contribution in [0.5, 0.6) is 0 Å². The maximum absolute atomic E-state index is 4.35. The minimum Gasteiger partial charge on any atom is -0.311 e. The number of hydrogen-bond donors (Lipinski definition) is 1. The van der Waals surface area contributed by atoms with Gasteiger partial charge in [0.25, 0.3) is 0 Å². The van der Waals surface area contributed by atoms with Crippen LogP contribution in [0, 0.1) is 5.92 Å². The Bertz CT molecular complexity index is 353. The molecule has 100 valence electrons. The summed E-state index contributed by atoms with van der Waals surface area (Å²) in [5.41, 5.74) is 3.14. The summed E-state index contributed by atoms with van der Waals surface area (Å²) in [7, 11) is 2.22. The normalized spacial score (nSPS) is 31.1. The van der Waals surface area contributed by atoms with Crippen LogP contribution < -0.4 is 5.32 Å². The maximum atomic E-state index is 4.35. The lowest BCUT2D eigenvalue weighted by Crippen LogP contribution is -2.38. The first kappa shape index (κ1) is 12.6. The molecule has 2 unspecified atom stereocenters. The Hall–Kier alpha value is -0.450. The van der Waals surface area contributed by atoms with Crippen molar-refractivity contribution in [3.63, 3.8) is 0 Å². The second-order valence-corrected chi connectivity index (χ2v) is 6.70. The maximum Gasteiger partial charge on any atom is 0.0795 e. The molecule has 0 radical (unpaired) electrons. The first-order valence-corrected chi connectivity index (χ1v) is 8.05. The molecule has 0 aromatic carbocycles. The molecule has 0 saturated carbocycles. The Morgan fingerprint density at radius 1 is 1.39 bits per heavy atom. The number of rotatable bonds is 5. The van der Waals surface area contributed by atoms with Crippen LogP contribution in [0.1, 0.15) is 37.8 Å². The topological polar surface area (TPSA) is 28.2 Å². The third-order valence-corrected chi connectivity index (χ3v) is 5.04. The summed E-state index contributed by atoms with van der Waals surface area (Å²) < 4.78 is 0. The van der Waals surface area contributed by atoms with Gasteiger partial charge in [0, 0.05) is 24.0 Å². The molecule has 4 heteroatoms. The van der Waals surface area contributed by atoms with E-state index in [4.69, 9.17) is 0 Å². The van der Waals surface area contributed by atoms with E-state index in [0.29, 0.717) is 0 Å². The van der Waals surface area contributed by atoms with Crippen LogP contribution in [0.3, 0.4) is 0 Å². The van der Waals surface area contributed by atoms with E-state index in [-0.39, 0.29) is 0 Å². The molecule has 3 nitrogen and oxygen atoms in total. The fourth-order valence-electron chi connectivity index (χ4n) is 3.49. The van der Waals surface area contributed by atoms with Crippen molar-refractivity contribution in [1.29, 1.82) is 0 Å². The van der Waals surface area contributed by atoms with Gasteiger partial charge < -0.3 is 10.2 Å². The van der Waals surface area contributed by atoms with Gasteiger partial charge in [-0.2, -0.15) is 0 Å². The second kappa shape index (κ2) is 5.68. The van der Waals surface area contributed by atoms with E-state index in [9.17, 15) is 0 Å². The monoisotopic (exact) mass is 265 g/mol. The van der Waals surface area contributed by atoms with Gasteiger partial charge in [-0.05, 0) is 51.6 Å². The quantitative estimate of drug-likeness (QED) is 0.886. The Labute approximate surface area is 114 Å². The van der Waals surface area contributed by atoms with Gasteiger partial charge in [0.2, 0.25) is 0 Å². The van der Waals surface area contributed by atoms with Crippen LogP contribution in [0.2, 0.25) is 0 Å². The SMILES string of the molecule is CN(CCC1CC2CCC(C1)N2)Cc1cscn1. The molecule has 0 spiro atoms. The summed E-state index contributed by atoms with van der Waals surface area (Å²) in [4.78, 5) is 6.77. The van der Waals surface area contributed by atoms with Crippen molar-refractivity contribution < 1.29 is 0 Å². The minimum absolute atomic E-state index is 0.831. The molecule has 2 aliphatic rings. The van der Waals surface area contributed by atoms with E-state index in [1.54, 1.807) is 11.3 Å². The number of thiazole rings is 1. The molecule has 1 aromatic rings. The Morgan fingerprint density at radius 2 is 2.17 bits per heavy atom. The molecule has 1 aromatic heterocycles. The molecule has 3 heterocycles. The highest BCUT2D eigenvalue weighted by Gasteiger charge is 2.33. The largest absolute Gasteiger partial charge is 0.311 e. The lowest BCUT2D eigenvalue weighted by atomic mass is 9.89. The van der Waals surface area contributed by atoms with E-state index in [2.05, 4.69) is 27.6 Å². The van der Waals surface area contributed by atoms with Crippen LogP contribution in [0.4, 0.5) is 0 Å². The van der Waals surface area contributed by atoms with E-state index in [1.165, 1.54) is 44.3 Å². The minimum atomic E-state index is 0.831. The van der Waals surface area contributed by atoms with E-state index < -0.39 is 0 Å². The summed E-state index contributed by atoms with van der Waals surface area (Å²) >= 11 is 1.69. The Kier molecular flexibility index (Phi) is 3.97. The molecule has 2 atom stereocenters. The fraction of sp³-hybridized carbons (Fsp3) is 0.786. The predicted octanol–water partition coefficient (Wildman–Crippen LogP) is 2.50. The average Bonchev–Trinajstić information content (AvgIpc) is 2.97. The number of fused-ring (bicyclic) bond motifs is 2. The van der Waals surface area contributed by atoms with Gasteiger partial charge in [-0.1, -0.05) is 0 Å². The van der Waals surface area contributed by atoms with Gasteiger partial charge in [-0.15, -0.1) is 11.3 Å². The molecule has 0 aliphatic carbocycles. The standard InChI is InChI=1S/C14H23N3S/c1-17(8-14-9-18-10-15-14)5-4-11-6-12-2-3-13(7-11)16-12/h9-13,16H,2-8H2,1H3. The van der Waals surface area contributed by atoms with Crippen molar-refractivity contribution in [2.75, 3.05) is 13.6 Å². The molecule has 3 rings (SSSR count). The van der Waals surface area contributed by atoms with Gasteiger partial charge in [0.1, 0.15) is 0 Å². The van der Waals surface area contributed by atoms with E-state index in [1.807, 2.05) is 5.51 Å². The highest BCUT2D eigenvalue weighted by molar-refractivity contribution is 7.07. The van der Waals surface area contributed by atoms with Gasteiger partial charge in [-0.25, -0.2) is 4.98 Å². The van der Waals surface area contributed by atoms with Crippen LogP contribution in [0.15, 0.2) is 10.9 Å². The van der Waals surface area contributed by atoms with E-state index >= 15 is 0 Å². The van der Waals surface area contributed by atoms with Gasteiger partial charge in [-0.3, -0.25) is 0 Å². The van der Waals surface area contributed by atoms with Crippen molar-refractivity contribution in [1.82, 2.24) is 15.2 Å². The molecule has 0 amide bonds. The predicted molar refractivity (Wildman–Crippen MR) is 75.7 cm³/mol. The van der Waals surface area contributed by atoms with Crippen molar-refractivity contribution in [2.45, 2.75) is 50.7 Å². The summed E-state index contributed by atoms with van der Waals surface area (Å²) in [6, 6.07) is 1.66. The molecule has 2 bridgehead atoms. The zero-order chi connectivity index (χ0) is 12.4. The second-order valence-electron chi connectivity index (χ2n) is 5.98. The number of piperidine rings is 1. The molecule has 18 heavy (non-hydrogen) atoms. The summed E-state index contributed by atoms with van der Waals surface area (Å²) in [6.07, 6.45) is 6.99. The van der Waals surface area contributed by atoms with Crippen LogP contribution in [-0.2, 0) is 6.54 Å². The van der Waals surface area contributed by atoms with Crippen molar-refractivity contribution in [3.05, 3.63) is 16.6 Å². The highest BCUT2D eigenvalue weighted by atomic mass is 32.1. The van der Waals surface area contributed by atoms with Gasteiger partial charge >= 0.3 is 0 Å². The number of hydrogen-bond acceptors (Lipinski definition) is 4. The van der Waals surface area contributed by atoms with Crippen molar-refractivity contribution in [2.24, 2.45) is 5.92 Å².